The highest BCUT2D eigenvalue weighted by molar-refractivity contribution is 6.33. The molecule has 0 aromatic carbocycles. The Bertz CT molecular complexity index is 498. The molecule has 1 aromatic rings. The number of hydrogen-bond acceptors (Lipinski definition) is 5. The summed E-state index contributed by atoms with van der Waals surface area (Å²) in [7, 11) is 0. The number of anilines is 1. The standard InChI is InChI=1S/C14H20ClN3O3/c15-12-8-11(18(20)21)9-17-14(12)16-7-3-5-10-4-1-2-6-13(10)19/h8-10,13,19H,1-7H2,(H,16,17). The number of nitrogens with zero attached hydrogens (tertiary/aromatic N) is 2. The van der Waals surface area contributed by atoms with Crippen LogP contribution in [0.3, 0.4) is 0 Å². The first-order chi connectivity index (χ1) is 10.1. The lowest BCUT2D eigenvalue weighted by molar-refractivity contribution is -0.385. The third-order valence-electron chi connectivity index (χ3n) is 3.95. The lowest BCUT2D eigenvalue weighted by Crippen LogP contribution is -2.24. The van der Waals surface area contributed by atoms with Crippen LogP contribution in [0.15, 0.2) is 12.3 Å². The minimum atomic E-state index is -0.521. The molecule has 1 aliphatic rings. The fourth-order valence-electron chi connectivity index (χ4n) is 2.75. The zero-order valence-electron chi connectivity index (χ0n) is 11.8. The second-order valence-corrected chi connectivity index (χ2v) is 5.87. The van der Waals surface area contributed by atoms with Crippen molar-refractivity contribution >= 4 is 23.1 Å². The van der Waals surface area contributed by atoms with Gasteiger partial charge in [-0.05, 0) is 31.6 Å². The Morgan fingerprint density at radius 2 is 2.24 bits per heavy atom. The van der Waals surface area contributed by atoms with Gasteiger partial charge in [0.1, 0.15) is 12.0 Å². The number of nitrogens with one attached hydrogen (secondary N) is 1. The summed E-state index contributed by atoms with van der Waals surface area (Å²) in [4.78, 5) is 14.0. The molecular formula is C14H20ClN3O3. The van der Waals surface area contributed by atoms with Gasteiger partial charge in [-0.2, -0.15) is 0 Å². The summed E-state index contributed by atoms with van der Waals surface area (Å²) in [6.45, 7) is 0.688. The Labute approximate surface area is 128 Å². The Morgan fingerprint density at radius 3 is 2.90 bits per heavy atom. The van der Waals surface area contributed by atoms with Crippen molar-refractivity contribution < 1.29 is 10.0 Å². The number of pyridine rings is 1. The smallest absolute Gasteiger partial charge is 0.289 e. The Kier molecular flexibility index (Phi) is 5.76. The molecule has 2 N–H and O–H groups in total. The van der Waals surface area contributed by atoms with Gasteiger partial charge < -0.3 is 10.4 Å². The maximum atomic E-state index is 10.6. The van der Waals surface area contributed by atoms with E-state index in [1.807, 2.05) is 0 Å². The summed E-state index contributed by atoms with van der Waals surface area (Å²) in [5, 5.41) is 23.8. The van der Waals surface area contributed by atoms with Crippen LogP contribution in [0, 0.1) is 16.0 Å². The molecule has 7 heteroatoms. The van der Waals surface area contributed by atoms with E-state index in [0.717, 1.165) is 32.1 Å². The Morgan fingerprint density at radius 1 is 1.48 bits per heavy atom. The fraction of sp³-hybridized carbons (Fsp3) is 0.643. The molecule has 1 aliphatic carbocycles. The zero-order chi connectivity index (χ0) is 15.2. The van der Waals surface area contributed by atoms with Gasteiger partial charge in [0.2, 0.25) is 0 Å². The van der Waals surface area contributed by atoms with Gasteiger partial charge in [0.05, 0.1) is 16.0 Å². The van der Waals surface area contributed by atoms with Gasteiger partial charge in [-0.25, -0.2) is 4.98 Å². The number of rotatable bonds is 6. The molecular weight excluding hydrogens is 294 g/mol. The predicted molar refractivity (Wildman–Crippen MR) is 81.6 cm³/mol. The first-order valence-corrected chi connectivity index (χ1v) is 7.67. The quantitative estimate of drug-likeness (QED) is 0.477. The van der Waals surface area contributed by atoms with E-state index >= 15 is 0 Å². The van der Waals surface area contributed by atoms with Gasteiger partial charge in [0, 0.05) is 12.6 Å². The molecule has 0 bridgehead atoms. The summed E-state index contributed by atoms with van der Waals surface area (Å²) in [5.74, 6) is 0.854. The van der Waals surface area contributed by atoms with Crippen molar-refractivity contribution in [2.24, 2.45) is 5.92 Å². The first kappa shape index (κ1) is 16.0. The first-order valence-electron chi connectivity index (χ1n) is 7.30. The van der Waals surface area contributed by atoms with Gasteiger partial charge in [-0.1, -0.05) is 24.4 Å². The summed E-state index contributed by atoms with van der Waals surface area (Å²) in [6, 6.07) is 1.29. The van der Waals surface area contributed by atoms with E-state index in [1.165, 1.54) is 18.7 Å². The minimum Gasteiger partial charge on any atom is -0.393 e. The molecule has 0 radical (unpaired) electrons. The van der Waals surface area contributed by atoms with Crippen LogP contribution in [0.4, 0.5) is 11.5 Å². The molecule has 2 atom stereocenters. The maximum Gasteiger partial charge on any atom is 0.289 e. The third-order valence-corrected chi connectivity index (χ3v) is 4.24. The highest BCUT2D eigenvalue weighted by Crippen LogP contribution is 2.28. The van der Waals surface area contributed by atoms with Crippen LogP contribution in [-0.4, -0.2) is 27.7 Å². The van der Waals surface area contributed by atoms with Crippen molar-refractivity contribution in [2.75, 3.05) is 11.9 Å². The molecule has 1 fully saturated rings. The SMILES string of the molecule is O=[N+]([O-])c1cnc(NCCCC2CCCCC2O)c(Cl)c1. The molecule has 0 amide bonds. The molecule has 0 aliphatic heterocycles. The van der Waals surface area contributed by atoms with E-state index in [9.17, 15) is 15.2 Å². The van der Waals surface area contributed by atoms with Crippen molar-refractivity contribution in [3.05, 3.63) is 27.4 Å². The van der Waals surface area contributed by atoms with Crippen molar-refractivity contribution in [3.8, 4) is 0 Å². The summed E-state index contributed by atoms with van der Waals surface area (Å²) < 4.78 is 0. The molecule has 6 nitrogen and oxygen atoms in total. The monoisotopic (exact) mass is 313 g/mol. The number of aliphatic hydroxyl groups excluding tert-OH is 1. The van der Waals surface area contributed by atoms with E-state index in [4.69, 9.17) is 11.6 Å². The number of halogens is 1. The summed E-state index contributed by atoms with van der Waals surface area (Å²) in [5.41, 5.74) is -0.115. The Hall–Kier alpha value is -1.40. The van der Waals surface area contributed by atoms with Crippen molar-refractivity contribution in [3.63, 3.8) is 0 Å². The van der Waals surface area contributed by atoms with E-state index in [1.54, 1.807) is 0 Å². The van der Waals surface area contributed by atoms with Gasteiger partial charge in [-0.3, -0.25) is 10.1 Å². The van der Waals surface area contributed by atoms with E-state index in [2.05, 4.69) is 10.3 Å². The molecule has 2 unspecified atom stereocenters. The highest BCUT2D eigenvalue weighted by Gasteiger charge is 2.22. The largest absolute Gasteiger partial charge is 0.393 e. The minimum absolute atomic E-state index is 0.115. The lowest BCUT2D eigenvalue weighted by Gasteiger charge is -2.27. The summed E-state index contributed by atoms with van der Waals surface area (Å²) >= 11 is 5.95. The summed E-state index contributed by atoms with van der Waals surface area (Å²) in [6.07, 6.45) is 7.24. The third kappa shape index (κ3) is 4.54. The molecule has 116 valence electrons. The number of nitro groups is 1. The molecule has 1 saturated carbocycles. The molecule has 2 rings (SSSR count). The zero-order valence-corrected chi connectivity index (χ0v) is 12.6. The van der Waals surface area contributed by atoms with Gasteiger partial charge >= 0.3 is 0 Å². The molecule has 1 heterocycles. The van der Waals surface area contributed by atoms with Crippen LogP contribution in [0.5, 0.6) is 0 Å². The number of hydrogen-bond donors (Lipinski definition) is 2. The fourth-order valence-corrected chi connectivity index (χ4v) is 2.98. The number of aromatic nitrogens is 1. The Balaban J connectivity index is 1.77. The molecule has 0 spiro atoms. The highest BCUT2D eigenvalue weighted by atomic mass is 35.5. The van der Waals surface area contributed by atoms with Gasteiger partial charge in [0.15, 0.2) is 0 Å². The van der Waals surface area contributed by atoms with Crippen LogP contribution >= 0.6 is 11.6 Å². The van der Waals surface area contributed by atoms with Crippen molar-refractivity contribution in [2.45, 2.75) is 44.6 Å². The molecule has 21 heavy (non-hydrogen) atoms. The second kappa shape index (κ2) is 7.56. The topological polar surface area (TPSA) is 88.3 Å². The van der Waals surface area contributed by atoms with Crippen LogP contribution in [0.2, 0.25) is 5.02 Å². The normalized spacial score (nSPS) is 22.0. The van der Waals surface area contributed by atoms with Crippen molar-refractivity contribution in [1.29, 1.82) is 0 Å². The molecule has 1 aromatic heterocycles. The van der Waals surface area contributed by atoms with Crippen LogP contribution in [0.1, 0.15) is 38.5 Å². The average Bonchev–Trinajstić information content (AvgIpc) is 2.46. The average molecular weight is 314 g/mol. The molecule has 0 saturated heterocycles. The van der Waals surface area contributed by atoms with E-state index in [0.29, 0.717) is 18.3 Å². The number of aliphatic hydroxyl groups is 1. The van der Waals surface area contributed by atoms with E-state index < -0.39 is 4.92 Å². The van der Waals surface area contributed by atoms with Gasteiger partial charge in [-0.15, -0.1) is 0 Å². The predicted octanol–water partition coefficient (Wildman–Crippen LogP) is 3.39. The van der Waals surface area contributed by atoms with Crippen LogP contribution in [-0.2, 0) is 0 Å². The maximum absolute atomic E-state index is 10.6. The van der Waals surface area contributed by atoms with Crippen LogP contribution in [0.25, 0.3) is 0 Å². The lowest BCUT2D eigenvalue weighted by atomic mass is 9.83. The van der Waals surface area contributed by atoms with E-state index in [-0.39, 0.29) is 16.8 Å². The van der Waals surface area contributed by atoms with Gasteiger partial charge in [0.25, 0.3) is 5.69 Å². The van der Waals surface area contributed by atoms with Crippen molar-refractivity contribution in [1.82, 2.24) is 4.98 Å². The van der Waals surface area contributed by atoms with Crippen LogP contribution < -0.4 is 5.32 Å². The second-order valence-electron chi connectivity index (χ2n) is 5.46.